The Morgan fingerprint density at radius 3 is 2.59 bits per heavy atom. The third-order valence-electron chi connectivity index (χ3n) is 5.99. The lowest BCUT2D eigenvalue weighted by Gasteiger charge is -2.28. The Hall–Kier alpha value is -3.23. The molecule has 0 saturated carbocycles. The number of rotatable bonds is 4. The minimum absolute atomic E-state index is 0.0436. The van der Waals surface area contributed by atoms with Gasteiger partial charge in [-0.2, -0.15) is 5.10 Å². The summed E-state index contributed by atoms with van der Waals surface area (Å²) < 4.78 is 1.53. The summed E-state index contributed by atoms with van der Waals surface area (Å²) in [5.74, 6) is -0.0995. The molecule has 1 aliphatic rings. The summed E-state index contributed by atoms with van der Waals surface area (Å²) in [6, 6.07) is 15.8. The van der Waals surface area contributed by atoms with E-state index >= 15 is 0 Å². The average Bonchev–Trinajstić information content (AvgIpc) is 3.32. The van der Waals surface area contributed by atoms with E-state index in [1.807, 2.05) is 35.2 Å². The standard InChI is InChI=1S/C25H29ClN6O2/c1-20(33)32-11-5-10-29(15-21-6-3-2-4-7-21)12-13-30(25(34)17-31-19-27-18-28-31)16-22-8-9-23(26)14-24(22)32/h2-4,6-9,14,18-19H,5,10-13,15-17H2,1H3. The molecule has 34 heavy (non-hydrogen) atoms. The first-order chi connectivity index (χ1) is 16.5. The molecule has 0 N–H and O–H groups in total. The van der Waals surface area contributed by atoms with Gasteiger partial charge in [-0.1, -0.05) is 48.0 Å². The number of benzene rings is 2. The molecule has 9 heteroatoms. The van der Waals surface area contributed by atoms with E-state index in [-0.39, 0.29) is 18.4 Å². The first-order valence-corrected chi connectivity index (χ1v) is 11.8. The number of carbonyl (C=O) groups excluding carboxylic acids is 2. The Morgan fingerprint density at radius 2 is 1.85 bits per heavy atom. The van der Waals surface area contributed by atoms with E-state index in [9.17, 15) is 9.59 Å². The number of anilines is 1. The summed E-state index contributed by atoms with van der Waals surface area (Å²) in [6.07, 6.45) is 3.77. The molecule has 8 nitrogen and oxygen atoms in total. The zero-order valence-electron chi connectivity index (χ0n) is 19.3. The van der Waals surface area contributed by atoms with E-state index < -0.39 is 0 Å². The molecule has 0 saturated heterocycles. The zero-order chi connectivity index (χ0) is 23.9. The third-order valence-corrected chi connectivity index (χ3v) is 6.22. The van der Waals surface area contributed by atoms with Crippen molar-refractivity contribution in [2.75, 3.05) is 31.1 Å². The van der Waals surface area contributed by atoms with Crippen LogP contribution in [0, 0.1) is 0 Å². The highest BCUT2D eigenvalue weighted by Crippen LogP contribution is 2.27. The molecule has 2 aromatic carbocycles. The molecule has 1 aliphatic heterocycles. The molecule has 2 heterocycles. The van der Waals surface area contributed by atoms with E-state index in [1.54, 1.807) is 17.9 Å². The molecule has 3 aromatic rings. The molecular weight excluding hydrogens is 452 g/mol. The SMILES string of the molecule is CC(=O)N1CCCN(Cc2ccccc2)CCN(C(=O)Cn2cncn2)Cc2ccc(Cl)cc21. The maximum atomic E-state index is 13.3. The van der Waals surface area contributed by atoms with Crippen molar-refractivity contribution in [3.8, 4) is 0 Å². The molecule has 0 radical (unpaired) electrons. The number of halogens is 1. The molecule has 0 aliphatic carbocycles. The fourth-order valence-corrected chi connectivity index (χ4v) is 4.41. The third kappa shape index (κ3) is 6.21. The van der Waals surface area contributed by atoms with Gasteiger partial charge in [0.15, 0.2) is 0 Å². The zero-order valence-corrected chi connectivity index (χ0v) is 20.1. The van der Waals surface area contributed by atoms with Gasteiger partial charge in [-0.15, -0.1) is 0 Å². The molecule has 0 spiro atoms. The van der Waals surface area contributed by atoms with Gasteiger partial charge >= 0.3 is 0 Å². The number of fused-ring (bicyclic) bond motifs is 1. The summed E-state index contributed by atoms with van der Waals surface area (Å²) in [6.45, 7) is 5.51. The van der Waals surface area contributed by atoms with Crippen LogP contribution in [0.2, 0.25) is 5.02 Å². The van der Waals surface area contributed by atoms with E-state index in [0.717, 1.165) is 37.3 Å². The Morgan fingerprint density at radius 1 is 1.03 bits per heavy atom. The predicted octanol–water partition coefficient (Wildman–Crippen LogP) is 3.22. The van der Waals surface area contributed by atoms with Crippen LogP contribution in [0.4, 0.5) is 5.69 Å². The van der Waals surface area contributed by atoms with Crippen LogP contribution >= 0.6 is 11.6 Å². The molecule has 0 atom stereocenters. The van der Waals surface area contributed by atoms with Gasteiger partial charge in [0.1, 0.15) is 19.2 Å². The van der Waals surface area contributed by atoms with Gasteiger partial charge in [0.25, 0.3) is 0 Å². The summed E-state index contributed by atoms with van der Waals surface area (Å²) in [5, 5.41) is 4.64. The lowest BCUT2D eigenvalue weighted by molar-refractivity contribution is -0.133. The molecule has 2 amide bonds. The minimum Gasteiger partial charge on any atom is -0.335 e. The topological polar surface area (TPSA) is 74.6 Å². The first kappa shape index (κ1) is 23.9. The number of amides is 2. The van der Waals surface area contributed by atoms with Crippen molar-refractivity contribution >= 4 is 29.1 Å². The monoisotopic (exact) mass is 480 g/mol. The van der Waals surface area contributed by atoms with Crippen LogP contribution in [-0.4, -0.2) is 62.6 Å². The summed E-state index contributed by atoms with van der Waals surface area (Å²) in [7, 11) is 0. The second-order valence-electron chi connectivity index (χ2n) is 8.47. The van der Waals surface area contributed by atoms with Crippen LogP contribution in [0.5, 0.6) is 0 Å². The van der Waals surface area contributed by atoms with Crippen LogP contribution in [-0.2, 0) is 29.2 Å². The summed E-state index contributed by atoms with van der Waals surface area (Å²) in [4.78, 5) is 35.8. The fourth-order valence-electron chi connectivity index (χ4n) is 4.25. The fraction of sp³-hybridized carbons (Fsp3) is 0.360. The van der Waals surface area contributed by atoms with Crippen molar-refractivity contribution in [2.24, 2.45) is 0 Å². The van der Waals surface area contributed by atoms with Crippen molar-refractivity contribution in [1.82, 2.24) is 24.6 Å². The largest absolute Gasteiger partial charge is 0.335 e. The van der Waals surface area contributed by atoms with Crippen LogP contribution in [0.3, 0.4) is 0 Å². The number of nitrogens with zero attached hydrogens (tertiary/aromatic N) is 6. The van der Waals surface area contributed by atoms with Gasteiger partial charge < -0.3 is 9.80 Å². The molecule has 4 rings (SSSR count). The van der Waals surface area contributed by atoms with Gasteiger partial charge in [-0.3, -0.25) is 14.5 Å². The highest BCUT2D eigenvalue weighted by atomic mass is 35.5. The lowest BCUT2D eigenvalue weighted by atomic mass is 10.1. The highest BCUT2D eigenvalue weighted by Gasteiger charge is 2.23. The second kappa shape index (κ2) is 11.3. The van der Waals surface area contributed by atoms with E-state index in [0.29, 0.717) is 24.7 Å². The molecular formula is C25H29ClN6O2. The highest BCUT2D eigenvalue weighted by molar-refractivity contribution is 6.31. The lowest BCUT2D eigenvalue weighted by Crippen LogP contribution is -2.40. The van der Waals surface area contributed by atoms with E-state index in [1.165, 1.54) is 22.9 Å². The Bertz CT molecular complexity index is 1110. The van der Waals surface area contributed by atoms with Crippen molar-refractivity contribution in [2.45, 2.75) is 33.0 Å². The minimum atomic E-state index is -0.0558. The Kier molecular flexibility index (Phi) is 7.92. The van der Waals surface area contributed by atoms with Gasteiger partial charge in [0, 0.05) is 51.2 Å². The Labute approximate surface area is 204 Å². The maximum absolute atomic E-state index is 13.3. The normalized spacial score (nSPS) is 15.5. The number of hydrogen-bond donors (Lipinski definition) is 0. The van der Waals surface area contributed by atoms with Crippen molar-refractivity contribution in [3.63, 3.8) is 0 Å². The molecule has 1 aromatic heterocycles. The van der Waals surface area contributed by atoms with E-state index in [2.05, 4.69) is 27.1 Å². The predicted molar refractivity (Wildman–Crippen MR) is 131 cm³/mol. The summed E-state index contributed by atoms with van der Waals surface area (Å²) in [5.41, 5.74) is 2.87. The maximum Gasteiger partial charge on any atom is 0.244 e. The van der Waals surface area contributed by atoms with Crippen LogP contribution < -0.4 is 4.90 Å². The van der Waals surface area contributed by atoms with Crippen molar-refractivity contribution < 1.29 is 9.59 Å². The van der Waals surface area contributed by atoms with Crippen LogP contribution in [0.1, 0.15) is 24.5 Å². The second-order valence-corrected chi connectivity index (χ2v) is 8.90. The first-order valence-electron chi connectivity index (χ1n) is 11.4. The number of hydrogen-bond acceptors (Lipinski definition) is 5. The molecule has 0 fully saturated rings. The summed E-state index contributed by atoms with van der Waals surface area (Å²) >= 11 is 6.31. The van der Waals surface area contributed by atoms with E-state index in [4.69, 9.17) is 11.6 Å². The number of aromatic nitrogens is 3. The smallest absolute Gasteiger partial charge is 0.244 e. The van der Waals surface area contributed by atoms with Crippen LogP contribution in [0.15, 0.2) is 61.2 Å². The quantitative estimate of drug-likeness (QED) is 0.573. The van der Waals surface area contributed by atoms with Crippen molar-refractivity contribution in [1.29, 1.82) is 0 Å². The molecule has 178 valence electrons. The van der Waals surface area contributed by atoms with Gasteiger partial charge in [-0.05, 0) is 29.7 Å². The van der Waals surface area contributed by atoms with Crippen LogP contribution in [0.25, 0.3) is 0 Å². The molecule has 0 bridgehead atoms. The Balaban J connectivity index is 1.63. The van der Waals surface area contributed by atoms with Crippen molar-refractivity contribution in [3.05, 3.63) is 77.3 Å². The van der Waals surface area contributed by atoms with Gasteiger partial charge in [0.2, 0.25) is 11.8 Å². The average molecular weight is 481 g/mol. The van der Waals surface area contributed by atoms with Gasteiger partial charge in [-0.25, -0.2) is 9.67 Å². The van der Waals surface area contributed by atoms with Gasteiger partial charge in [0.05, 0.1) is 5.69 Å². The number of carbonyl (C=O) groups is 2. The molecule has 0 unspecified atom stereocenters.